The highest BCUT2D eigenvalue weighted by atomic mass is 79.9. The predicted octanol–water partition coefficient (Wildman–Crippen LogP) is 5.11. The fourth-order valence-corrected chi connectivity index (χ4v) is 2.94. The van der Waals surface area contributed by atoms with Crippen LogP contribution in [0.5, 0.6) is 0 Å². The van der Waals surface area contributed by atoms with Gasteiger partial charge in [0.05, 0.1) is 6.21 Å². The van der Waals surface area contributed by atoms with Gasteiger partial charge in [-0.1, -0.05) is 58.4 Å². The Morgan fingerprint density at radius 1 is 1.00 bits per heavy atom. The molecule has 0 saturated carbocycles. The Bertz CT molecular complexity index is 1100. The molecule has 1 heterocycles. The van der Waals surface area contributed by atoms with Crippen molar-refractivity contribution in [2.45, 2.75) is 0 Å². The van der Waals surface area contributed by atoms with Crippen molar-refractivity contribution in [3.63, 3.8) is 0 Å². The Morgan fingerprint density at radius 3 is 2.64 bits per heavy atom. The van der Waals surface area contributed by atoms with E-state index in [0.717, 1.165) is 26.2 Å². The summed E-state index contributed by atoms with van der Waals surface area (Å²) in [4.78, 5) is 12.3. The van der Waals surface area contributed by atoms with Gasteiger partial charge in [0.15, 0.2) is 5.76 Å². The van der Waals surface area contributed by atoms with Gasteiger partial charge < -0.3 is 4.42 Å². The molecule has 5 heteroatoms. The molecular formula is C20H13BrN2O2. The fraction of sp³-hybridized carbons (Fsp3) is 0. The van der Waals surface area contributed by atoms with Gasteiger partial charge in [-0.2, -0.15) is 5.10 Å². The van der Waals surface area contributed by atoms with E-state index in [1.807, 2.05) is 60.7 Å². The van der Waals surface area contributed by atoms with E-state index in [2.05, 4.69) is 26.5 Å². The second-order valence-electron chi connectivity index (χ2n) is 5.56. The SMILES string of the molecule is O=C(NN=Cc1ccc(Br)cc1)c1cc2c(ccc3ccccc32)o1. The largest absolute Gasteiger partial charge is 0.451 e. The lowest BCUT2D eigenvalue weighted by atomic mass is 10.1. The van der Waals surface area contributed by atoms with Gasteiger partial charge in [0, 0.05) is 9.86 Å². The van der Waals surface area contributed by atoms with Crippen LogP contribution in [0.1, 0.15) is 16.1 Å². The second kappa shape index (κ2) is 6.53. The zero-order valence-electron chi connectivity index (χ0n) is 13.1. The van der Waals surface area contributed by atoms with Gasteiger partial charge in [0.1, 0.15) is 5.58 Å². The number of hydrazone groups is 1. The standard InChI is InChI=1S/C20H13BrN2O2/c21-15-8-5-13(6-9-15)12-22-23-20(24)19-11-17-16-4-2-1-3-14(16)7-10-18(17)25-19/h1-12H,(H,23,24). The third-order valence-corrected chi connectivity index (χ3v) is 4.43. The van der Waals surface area contributed by atoms with Crippen LogP contribution in [-0.4, -0.2) is 12.1 Å². The maximum absolute atomic E-state index is 12.3. The van der Waals surface area contributed by atoms with Crippen LogP contribution in [0.3, 0.4) is 0 Å². The Kier molecular flexibility index (Phi) is 4.07. The normalized spacial score (nSPS) is 11.4. The molecule has 1 amide bonds. The summed E-state index contributed by atoms with van der Waals surface area (Å²) in [7, 11) is 0. The summed E-state index contributed by atoms with van der Waals surface area (Å²) in [6.45, 7) is 0. The van der Waals surface area contributed by atoms with Crippen LogP contribution >= 0.6 is 15.9 Å². The van der Waals surface area contributed by atoms with E-state index in [4.69, 9.17) is 4.42 Å². The van der Waals surface area contributed by atoms with Crippen molar-refractivity contribution < 1.29 is 9.21 Å². The summed E-state index contributed by atoms with van der Waals surface area (Å²) in [6, 6.07) is 21.2. The third-order valence-electron chi connectivity index (χ3n) is 3.90. The number of carbonyl (C=O) groups excluding carboxylic acids is 1. The van der Waals surface area contributed by atoms with Gasteiger partial charge in [-0.15, -0.1) is 0 Å². The van der Waals surface area contributed by atoms with Crippen molar-refractivity contribution in [2.75, 3.05) is 0 Å². The quantitative estimate of drug-likeness (QED) is 0.388. The summed E-state index contributed by atoms with van der Waals surface area (Å²) < 4.78 is 6.65. The number of hydrogen-bond donors (Lipinski definition) is 1. The molecule has 0 spiro atoms. The lowest BCUT2D eigenvalue weighted by Crippen LogP contribution is -2.16. The van der Waals surface area contributed by atoms with Crippen molar-refractivity contribution in [3.8, 4) is 0 Å². The number of amides is 1. The van der Waals surface area contributed by atoms with Gasteiger partial charge in [0.2, 0.25) is 0 Å². The molecule has 0 radical (unpaired) electrons. The van der Waals surface area contributed by atoms with Crippen LogP contribution in [0.15, 0.2) is 80.7 Å². The lowest BCUT2D eigenvalue weighted by molar-refractivity contribution is 0.0929. The van der Waals surface area contributed by atoms with E-state index in [1.165, 1.54) is 0 Å². The Balaban J connectivity index is 1.57. The Hall–Kier alpha value is -2.92. The molecule has 0 bridgehead atoms. The van der Waals surface area contributed by atoms with Crippen LogP contribution in [0, 0.1) is 0 Å². The van der Waals surface area contributed by atoms with Crippen molar-refractivity contribution >= 4 is 49.8 Å². The number of halogens is 1. The zero-order chi connectivity index (χ0) is 17.2. The van der Waals surface area contributed by atoms with Crippen molar-refractivity contribution in [1.29, 1.82) is 0 Å². The van der Waals surface area contributed by atoms with Crippen molar-refractivity contribution in [2.24, 2.45) is 5.10 Å². The highest BCUT2D eigenvalue weighted by Gasteiger charge is 2.13. The first kappa shape index (κ1) is 15.6. The molecule has 25 heavy (non-hydrogen) atoms. The zero-order valence-corrected chi connectivity index (χ0v) is 14.7. The van der Waals surface area contributed by atoms with Gasteiger partial charge in [-0.25, -0.2) is 5.43 Å². The first-order chi connectivity index (χ1) is 12.2. The molecule has 4 aromatic rings. The maximum atomic E-state index is 12.3. The van der Waals surface area contributed by atoms with Crippen LogP contribution < -0.4 is 5.43 Å². The minimum Gasteiger partial charge on any atom is -0.451 e. The van der Waals surface area contributed by atoms with E-state index < -0.39 is 0 Å². The monoisotopic (exact) mass is 392 g/mol. The van der Waals surface area contributed by atoms with Gasteiger partial charge >= 0.3 is 5.91 Å². The summed E-state index contributed by atoms with van der Waals surface area (Å²) >= 11 is 3.37. The van der Waals surface area contributed by atoms with Crippen molar-refractivity contribution in [3.05, 3.63) is 82.5 Å². The molecule has 0 aliphatic heterocycles. The van der Waals surface area contributed by atoms with E-state index in [0.29, 0.717) is 5.58 Å². The number of benzene rings is 3. The Labute approximate surface area is 152 Å². The minimum atomic E-state index is -0.381. The molecule has 0 atom stereocenters. The molecule has 4 nitrogen and oxygen atoms in total. The molecule has 0 unspecified atom stereocenters. The first-order valence-corrected chi connectivity index (χ1v) is 8.50. The summed E-state index contributed by atoms with van der Waals surface area (Å²) in [6.07, 6.45) is 1.59. The van der Waals surface area contributed by atoms with E-state index in [9.17, 15) is 4.79 Å². The highest BCUT2D eigenvalue weighted by Crippen LogP contribution is 2.28. The third kappa shape index (κ3) is 3.19. The average Bonchev–Trinajstić information content (AvgIpc) is 3.08. The Morgan fingerprint density at radius 2 is 1.80 bits per heavy atom. The summed E-state index contributed by atoms with van der Waals surface area (Å²) in [5, 5.41) is 7.06. The maximum Gasteiger partial charge on any atom is 0.307 e. The van der Waals surface area contributed by atoms with E-state index in [1.54, 1.807) is 12.3 Å². The summed E-state index contributed by atoms with van der Waals surface area (Å²) in [5.41, 5.74) is 4.07. The predicted molar refractivity (Wildman–Crippen MR) is 103 cm³/mol. The minimum absolute atomic E-state index is 0.235. The van der Waals surface area contributed by atoms with Crippen LogP contribution in [0.25, 0.3) is 21.7 Å². The molecule has 0 aliphatic carbocycles. The average molecular weight is 393 g/mol. The molecule has 4 rings (SSSR count). The number of carbonyl (C=O) groups is 1. The molecule has 1 N–H and O–H groups in total. The van der Waals surface area contributed by atoms with Crippen LogP contribution in [-0.2, 0) is 0 Å². The molecule has 122 valence electrons. The number of rotatable bonds is 3. The molecule has 0 saturated heterocycles. The molecule has 1 aromatic heterocycles. The van der Waals surface area contributed by atoms with E-state index in [-0.39, 0.29) is 11.7 Å². The number of furan rings is 1. The van der Waals surface area contributed by atoms with E-state index >= 15 is 0 Å². The summed E-state index contributed by atoms with van der Waals surface area (Å²) in [5.74, 6) is -0.145. The lowest BCUT2D eigenvalue weighted by Gasteiger charge is -1.96. The molecule has 3 aromatic carbocycles. The van der Waals surface area contributed by atoms with Crippen LogP contribution in [0.2, 0.25) is 0 Å². The topological polar surface area (TPSA) is 54.6 Å². The number of hydrogen-bond acceptors (Lipinski definition) is 3. The van der Waals surface area contributed by atoms with Gasteiger partial charge in [-0.3, -0.25) is 4.79 Å². The second-order valence-corrected chi connectivity index (χ2v) is 6.48. The van der Waals surface area contributed by atoms with Crippen LogP contribution in [0.4, 0.5) is 0 Å². The number of nitrogens with zero attached hydrogens (tertiary/aromatic N) is 1. The van der Waals surface area contributed by atoms with Gasteiger partial charge in [0.25, 0.3) is 0 Å². The molecule has 0 fully saturated rings. The molecule has 0 aliphatic rings. The van der Waals surface area contributed by atoms with Crippen molar-refractivity contribution in [1.82, 2.24) is 5.43 Å². The first-order valence-electron chi connectivity index (χ1n) is 7.71. The number of fused-ring (bicyclic) bond motifs is 3. The molecular weight excluding hydrogens is 380 g/mol. The number of nitrogens with one attached hydrogen (secondary N) is 1. The van der Waals surface area contributed by atoms with Gasteiger partial charge in [-0.05, 0) is 40.6 Å². The fourth-order valence-electron chi connectivity index (χ4n) is 2.67. The highest BCUT2D eigenvalue weighted by molar-refractivity contribution is 9.10. The smallest absolute Gasteiger partial charge is 0.307 e.